The van der Waals surface area contributed by atoms with Crippen LogP contribution in [-0.4, -0.2) is 38.1 Å². The van der Waals surface area contributed by atoms with Gasteiger partial charge in [0.25, 0.3) is 0 Å². The molecular formula is C19H24N4OS. The molecule has 0 bridgehead atoms. The van der Waals surface area contributed by atoms with Gasteiger partial charge in [0.1, 0.15) is 0 Å². The van der Waals surface area contributed by atoms with E-state index in [1.54, 1.807) is 12.4 Å². The minimum atomic E-state index is 0.152. The van der Waals surface area contributed by atoms with Crippen molar-refractivity contribution in [2.45, 2.75) is 50.7 Å². The average Bonchev–Trinajstić information content (AvgIpc) is 2.85. The molecule has 5 nitrogen and oxygen atoms in total. The minimum absolute atomic E-state index is 0.152. The van der Waals surface area contributed by atoms with Crippen LogP contribution in [0.25, 0.3) is 0 Å². The number of carbonyl (C=O) groups is 1. The summed E-state index contributed by atoms with van der Waals surface area (Å²) < 4.78 is 0. The third-order valence-electron chi connectivity index (χ3n) is 4.45. The van der Waals surface area contributed by atoms with Gasteiger partial charge in [0, 0.05) is 30.3 Å². The zero-order valence-electron chi connectivity index (χ0n) is 14.8. The molecule has 132 valence electrons. The van der Waals surface area contributed by atoms with Crippen molar-refractivity contribution in [3.05, 3.63) is 47.5 Å². The fraction of sp³-hybridized carbons (Fsp3) is 0.474. The third-order valence-corrected chi connectivity index (χ3v) is 5.28. The van der Waals surface area contributed by atoms with Crippen molar-refractivity contribution in [3.8, 4) is 0 Å². The number of thioether (sulfide) groups is 1. The zero-order valence-corrected chi connectivity index (χ0v) is 15.6. The standard InChI is InChI=1S/C19H24N4OS/c1-14-12-15(2)22-19(21-14)25-13-18(24)23-11-5-3-4-6-17(23)16-7-9-20-10-8-16/h7-10,12,17H,3-6,11,13H2,1-2H3. The van der Waals surface area contributed by atoms with Gasteiger partial charge in [-0.25, -0.2) is 9.97 Å². The summed E-state index contributed by atoms with van der Waals surface area (Å²) in [4.78, 5) is 27.9. The molecule has 1 aliphatic rings. The summed E-state index contributed by atoms with van der Waals surface area (Å²) >= 11 is 1.43. The van der Waals surface area contributed by atoms with Gasteiger partial charge in [0.2, 0.25) is 5.91 Å². The molecule has 0 spiro atoms. The maximum absolute atomic E-state index is 12.9. The van der Waals surface area contributed by atoms with Crippen molar-refractivity contribution in [2.75, 3.05) is 12.3 Å². The van der Waals surface area contributed by atoms with E-state index in [0.717, 1.165) is 37.2 Å². The van der Waals surface area contributed by atoms with Crippen LogP contribution in [0.4, 0.5) is 0 Å². The van der Waals surface area contributed by atoms with Gasteiger partial charge in [-0.3, -0.25) is 9.78 Å². The van der Waals surface area contributed by atoms with E-state index in [9.17, 15) is 4.79 Å². The van der Waals surface area contributed by atoms with E-state index >= 15 is 0 Å². The number of likely N-dealkylation sites (tertiary alicyclic amines) is 1. The second-order valence-electron chi connectivity index (χ2n) is 6.45. The molecule has 25 heavy (non-hydrogen) atoms. The Kier molecular flexibility index (Phi) is 6.02. The summed E-state index contributed by atoms with van der Waals surface area (Å²) in [7, 11) is 0. The molecule has 1 fully saturated rings. The highest BCUT2D eigenvalue weighted by Gasteiger charge is 2.26. The summed E-state index contributed by atoms with van der Waals surface area (Å²) in [6, 6.07) is 6.14. The number of pyridine rings is 1. The van der Waals surface area contributed by atoms with E-state index in [1.165, 1.54) is 23.7 Å². The van der Waals surface area contributed by atoms with Gasteiger partial charge in [-0.1, -0.05) is 24.6 Å². The quantitative estimate of drug-likeness (QED) is 0.617. The fourth-order valence-corrected chi connectivity index (χ4v) is 4.14. The van der Waals surface area contributed by atoms with Gasteiger partial charge in [0.05, 0.1) is 11.8 Å². The smallest absolute Gasteiger partial charge is 0.233 e. The lowest BCUT2D eigenvalue weighted by Gasteiger charge is -2.30. The van der Waals surface area contributed by atoms with Crippen LogP contribution in [0.15, 0.2) is 35.7 Å². The second-order valence-corrected chi connectivity index (χ2v) is 7.40. The topological polar surface area (TPSA) is 59.0 Å². The first-order chi connectivity index (χ1) is 12.1. The number of carbonyl (C=O) groups excluding carboxylic acids is 1. The number of aromatic nitrogens is 3. The number of nitrogens with zero attached hydrogens (tertiary/aromatic N) is 4. The van der Waals surface area contributed by atoms with E-state index in [2.05, 4.69) is 15.0 Å². The summed E-state index contributed by atoms with van der Waals surface area (Å²) in [6.45, 7) is 4.73. The predicted molar refractivity (Wildman–Crippen MR) is 99.4 cm³/mol. The van der Waals surface area contributed by atoms with Crippen molar-refractivity contribution in [2.24, 2.45) is 0 Å². The Bertz CT molecular complexity index is 702. The van der Waals surface area contributed by atoms with Gasteiger partial charge in [0.15, 0.2) is 5.16 Å². The molecule has 1 amide bonds. The third kappa shape index (κ3) is 4.78. The molecule has 0 radical (unpaired) electrons. The SMILES string of the molecule is Cc1cc(C)nc(SCC(=O)N2CCCCCC2c2ccncc2)n1. The highest BCUT2D eigenvalue weighted by molar-refractivity contribution is 7.99. The van der Waals surface area contributed by atoms with Crippen LogP contribution in [0, 0.1) is 13.8 Å². The number of rotatable bonds is 4. The van der Waals surface area contributed by atoms with Crippen molar-refractivity contribution < 1.29 is 4.79 Å². The Morgan fingerprint density at radius 1 is 1.16 bits per heavy atom. The van der Waals surface area contributed by atoms with E-state index in [-0.39, 0.29) is 11.9 Å². The molecule has 2 aromatic rings. The van der Waals surface area contributed by atoms with Crippen molar-refractivity contribution in [3.63, 3.8) is 0 Å². The largest absolute Gasteiger partial charge is 0.335 e. The molecule has 1 atom stereocenters. The van der Waals surface area contributed by atoms with Gasteiger partial charge in [-0.2, -0.15) is 0 Å². The molecule has 0 aromatic carbocycles. The number of hydrogen-bond donors (Lipinski definition) is 0. The Balaban J connectivity index is 1.71. The molecule has 1 unspecified atom stereocenters. The van der Waals surface area contributed by atoms with Gasteiger partial charge >= 0.3 is 0 Å². The van der Waals surface area contributed by atoms with Gasteiger partial charge in [-0.05, 0) is 50.5 Å². The summed E-state index contributed by atoms with van der Waals surface area (Å²) in [5.41, 5.74) is 3.05. The van der Waals surface area contributed by atoms with Crippen LogP contribution >= 0.6 is 11.8 Å². The molecule has 2 aromatic heterocycles. The first-order valence-electron chi connectivity index (χ1n) is 8.78. The monoisotopic (exact) mass is 356 g/mol. The first-order valence-corrected chi connectivity index (χ1v) is 9.76. The summed E-state index contributed by atoms with van der Waals surface area (Å²) in [6.07, 6.45) is 8.03. The molecule has 6 heteroatoms. The van der Waals surface area contributed by atoms with Crippen molar-refractivity contribution in [1.29, 1.82) is 0 Å². The Morgan fingerprint density at radius 3 is 2.60 bits per heavy atom. The highest BCUT2D eigenvalue weighted by Crippen LogP contribution is 2.30. The number of amides is 1. The lowest BCUT2D eigenvalue weighted by atomic mass is 10.0. The van der Waals surface area contributed by atoms with Crippen LogP contribution in [-0.2, 0) is 4.79 Å². The average molecular weight is 356 g/mol. The molecule has 0 aliphatic carbocycles. The molecule has 1 aliphatic heterocycles. The molecule has 3 rings (SSSR count). The summed E-state index contributed by atoms with van der Waals surface area (Å²) in [5.74, 6) is 0.543. The summed E-state index contributed by atoms with van der Waals surface area (Å²) in [5, 5.41) is 0.682. The molecule has 3 heterocycles. The number of hydrogen-bond acceptors (Lipinski definition) is 5. The first kappa shape index (κ1) is 17.9. The lowest BCUT2D eigenvalue weighted by Crippen LogP contribution is -2.36. The maximum atomic E-state index is 12.9. The van der Waals surface area contributed by atoms with E-state index in [1.807, 2.05) is 36.9 Å². The molecule has 0 saturated carbocycles. The Morgan fingerprint density at radius 2 is 1.88 bits per heavy atom. The zero-order chi connectivity index (χ0) is 17.6. The number of aryl methyl sites for hydroxylation is 2. The van der Waals surface area contributed by atoms with Crippen LogP contribution in [0.3, 0.4) is 0 Å². The van der Waals surface area contributed by atoms with Crippen LogP contribution < -0.4 is 0 Å². The van der Waals surface area contributed by atoms with Crippen molar-refractivity contribution in [1.82, 2.24) is 19.9 Å². The Hall–Kier alpha value is -1.95. The second kappa shape index (κ2) is 8.43. The van der Waals surface area contributed by atoms with E-state index < -0.39 is 0 Å². The normalized spacial score (nSPS) is 18.0. The molecule has 0 N–H and O–H groups in total. The van der Waals surface area contributed by atoms with E-state index in [4.69, 9.17) is 0 Å². The van der Waals surface area contributed by atoms with Crippen molar-refractivity contribution >= 4 is 17.7 Å². The van der Waals surface area contributed by atoms with Gasteiger partial charge < -0.3 is 4.90 Å². The maximum Gasteiger partial charge on any atom is 0.233 e. The fourth-order valence-electron chi connectivity index (χ4n) is 3.31. The highest BCUT2D eigenvalue weighted by atomic mass is 32.2. The van der Waals surface area contributed by atoms with Crippen LogP contribution in [0.5, 0.6) is 0 Å². The van der Waals surface area contributed by atoms with E-state index in [0.29, 0.717) is 10.9 Å². The Labute approximate surface area is 153 Å². The van der Waals surface area contributed by atoms with Crippen LogP contribution in [0.2, 0.25) is 0 Å². The molecule has 1 saturated heterocycles. The van der Waals surface area contributed by atoms with Gasteiger partial charge in [-0.15, -0.1) is 0 Å². The molecular weight excluding hydrogens is 332 g/mol. The van der Waals surface area contributed by atoms with Crippen LogP contribution in [0.1, 0.15) is 48.7 Å². The lowest BCUT2D eigenvalue weighted by molar-refractivity contribution is -0.130. The minimum Gasteiger partial charge on any atom is -0.335 e. The predicted octanol–water partition coefficient (Wildman–Crippen LogP) is 3.72.